The Labute approximate surface area is 114 Å². The fraction of sp³-hybridized carbons (Fsp3) is 0.385. The number of carbonyl (C=O) groups is 2. The number of amides is 1. The molecular formula is C13H14BrNO3. The summed E-state index contributed by atoms with van der Waals surface area (Å²) >= 11 is 3.39. The molecule has 1 amide bonds. The van der Waals surface area contributed by atoms with Crippen LogP contribution in [0.25, 0.3) is 0 Å². The van der Waals surface area contributed by atoms with Crippen LogP contribution in [0, 0.1) is 0 Å². The molecule has 0 bridgehead atoms. The smallest absolute Gasteiger partial charge is 0.326 e. The standard InChI is InChI=1S/C13H14BrNO3/c14-10-5-2-1-4-9(10)8-12(16)15-7-3-6-11(15)13(17)18/h1-2,4-5,11H,3,6-8H2,(H,17,18)/t11-/m0/s1. The van der Waals surface area contributed by atoms with Gasteiger partial charge in [0.2, 0.25) is 5.91 Å². The number of carboxylic acids is 1. The molecule has 0 spiro atoms. The summed E-state index contributed by atoms with van der Waals surface area (Å²) in [7, 11) is 0. The Hall–Kier alpha value is -1.36. The van der Waals surface area contributed by atoms with Gasteiger partial charge in [-0.2, -0.15) is 0 Å². The molecule has 18 heavy (non-hydrogen) atoms. The van der Waals surface area contributed by atoms with Gasteiger partial charge < -0.3 is 10.0 Å². The molecule has 96 valence electrons. The first-order valence-electron chi connectivity index (χ1n) is 5.85. The van der Waals surface area contributed by atoms with Crippen LogP contribution in [0.3, 0.4) is 0 Å². The summed E-state index contributed by atoms with van der Waals surface area (Å²) in [6, 6.07) is 6.84. The quantitative estimate of drug-likeness (QED) is 0.929. The third kappa shape index (κ3) is 2.72. The first-order chi connectivity index (χ1) is 8.59. The minimum atomic E-state index is -0.909. The highest BCUT2D eigenvalue weighted by molar-refractivity contribution is 9.10. The van der Waals surface area contributed by atoms with Crippen molar-refractivity contribution >= 4 is 27.8 Å². The van der Waals surface area contributed by atoms with Gasteiger partial charge in [0.15, 0.2) is 0 Å². The normalized spacial score (nSPS) is 18.9. The first kappa shape index (κ1) is 13.1. The molecule has 1 fully saturated rings. The van der Waals surface area contributed by atoms with E-state index in [0.29, 0.717) is 13.0 Å². The van der Waals surface area contributed by atoms with Gasteiger partial charge in [0.1, 0.15) is 6.04 Å². The second-order valence-electron chi connectivity index (χ2n) is 4.35. The van der Waals surface area contributed by atoms with Crippen molar-refractivity contribution < 1.29 is 14.7 Å². The van der Waals surface area contributed by atoms with Crippen LogP contribution in [0.2, 0.25) is 0 Å². The van der Waals surface area contributed by atoms with E-state index >= 15 is 0 Å². The Balaban J connectivity index is 2.08. The number of benzene rings is 1. The highest BCUT2D eigenvalue weighted by Crippen LogP contribution is 2.21. The number of halogens is 1. The molecule has 0 unspecified atom stereocenters. The Morgan fingerprint density at radius 3 is 2.78 bits per heavy atom. The van der Waals surface area contributed by atoms with Gasteiger partial charge in [-0.15, -0.1) is 0 Å². The van der Waals surface area contributed by atoms with Crippen molar-refractivity contribution in [3.8, 4) is 0 Å². The van der Waals surface area contributed by atoms with Crippen molar-refractivity contribution in [3.63, 3.8) is 0 Å². The van der Waals surface area contributed by atoms with Gasteiger partial charge >= 0.3 is 5.97 Å². The maximum absolute atomic E-state index is 12.1. The number of rotatable bonds is 3. The lowest BCUT2D eigenvalue weighted by Gasteiger charge is -2.21. The molecule has 0 aromatic heterocycles. The van der Waals surface area contributed by atoms with Gasteiger partial charge in [-0.1, -0.05) is 34.1 Å². The van der Waals surface area contributed by atoms with E-state index in [0.717, 1.165) is 16.5 Å². The zero-order chi connectivity index (χ0) is 13.1. The molecule has 1 saturated heterocycles. The van der Waals surface area contributed by atoms with Crippen LogP contribution in [0.4, 0.5) is 0 Å². The SMILES string of the molecule is O=C(O)[C@@H]1CCCN1C(=O)Cc1ccccc1Br. The van der Waals surface area contributed by atoms with Gasteiger partial charge in [0.25, 0.3) is 0 Å². The number of nitrogens with zero attached hydrogens (tertiary/aromatic N) is 1. The van der Waals surface area contributed by atoms with E-state index in [1.807, 2.05) is 24.3 Å². The molecule has 1 heterocycles. The van der Waals surface area contributed by atoms with Gasteiger partial charge in [-0.05, 0) is 24.5 Å². The van der Waals surface area contributed by atoms with E-state index in [4.69, 9.17) is 5.11 Å². The van der Waals surface area contributed by atoms with Crippen LogP contribution in [-0.4, -0.2) is 34.5 Å². The first-order valence-corrected chi connectivity index (χ1v) is 6.64. The van der Waals surface area contributed by atoms with E-state index in [9.17, 15) is 9.59 Å². The molecule has 1 aliphatic rings. The molecule has 0 saturated carbocycles. The fourth-order valence-electron chi connectivity index (χ4n) is 2.23. The molecule has 0 aliphatic carbocycles. The molecule has 0 radical (unpaired) electrons. The topological polar surface area (TPSA) is 57.6 Å². The molecule has 1 aromatic rings. The van der Waals surface area contributed by atoms with Crippen molar-refractivity contribution in [2.45, 2.75) is 25.3 Å². The number of carboxylic acid groups (broad SMARTS) is 1. The Bertz CT molecular complexity index is 475. The van der Waals surface area contributed by atoms with Crippen LogP contribution >= 0.6 is 15.9 Å². The summed E-state index contributed by atoms with van der Waals surface area (Å²) in [5, 5.41) is 9.05. The molecule has 1 N–H and O–H groups in total. The minimum absolute atomic E-state index is 0.119. The van der Waals surface area contributed by atoms with Gasteiger partial charge in [-0.25, -0.2) is 4.79 Å². The van der Waals surface area contributed by atoms with Crippen molar-refractivity contribution in [1.82, 2.24) is 4.90 Å². The molecule has 1 aliphatic heterocycles. The summed E-state index contributed by atoms with van der Waals surface area (Å²) < 4.78 is 0.879. The van der Waals surface area contributed by atoms with Crippen LogP contribution in [0.5, 0.6) is 0 Å². The summed E-state index contributed by atoms with van der Waals surface area (Å²) in [5.74, 6) is -1.03. The molecular weight excluding hydrogens is 298 g/mol. The predicted octanol–water partition coefficient (Wildman–Crippen LogP) is 2.07. The second kappa shape index (κ2) is 5.52. The van der Waals surface area contributed by atoms with Crippen LogP contribution in [0.15, 0.2) is 28.7 Å². The molecule has 2 rings (SSSR count). The van der Waals surface area contributed by atoms with E-state index in [-0.39, 0.29) is 12.3 Å². The molecule has 5 heteroatoms. The van der Waals surface area contributed by atoms with Crippen LogP contribution in [0.1, 0.15) is 18.4 Å². The number of carbonyl (C=O) groups excluding carboxylic acids is 1. The third-order valence-electron chi connectivity index (χ3n) is 3.16. The predicted molar refractivity (Wildman–Crippen MR) is 70.2 cm³/mol. The zero-order valence-electron chi connectivity index (χ0n) is 9.80. The lowest BCUT2D eigenvalue weighted by molar-refractivity contribution is -0.148. The number of hydrogen-bond donors (Lipinski definition) is 1. The number of aliphatic carboxylic acids is 1. The Kier molecular flexibility index (Phi) is 4.01. The lowest BCUT2D eigenvalue weighted by atomic mass is 10.1. The molecule has 4 nitrogen and oxygen atoms in total. The molecule has 1 atom stereocenters. The van der Waals surface area contributed by atoms with Crippen molar-refractivity contribution in [2.24, 2.45) is 0 Å². The van der Waals surface area contributed by atoms with Gasteiger partial charge in [0, 0.05) is 11.0 Å². The minimum Gasteiger partial charge on any atom is -0.480 e. The summed E-state index contributed by atoms with van der Waals surface area (Å²) in [6.45, 7) is 0.542. The van der Waals surface area contributed by atoms with Crippen LogP contribution in [-0.2, 0) is 16.0 Å². The van der Waals surface area contributed by atoms with Gasteiger partial charge in [0.05, 0.1) is 6.42 Å². The van der Waals surface area contributed by atoms with E-state index in [1.54, 1.807) is 0 Å². The van der Waals surface area contributed by atoms with Crippen LogP contribution < -0.4 is 0 Å². The number of likely N-dealkylation sites (tertiary alicyclic amines) is 1. The highest BCUT2D eigenvalue weighted by atomic mass is 79.9. The summed E-state index contributed by atoms with van der Waals surface area (Å²) in [4.78, 5) is 24.6. The lowest BCUT2D eigenvalue weighted by Crippen LogP contribution is -2.41. The fourth-order valence-corrected chi connectivity index (χ4v) is 2.65. The summed E-state index contributed by atoms with van der Waals surface area (Å²) in [5.41, 5.74) is 0.888. The highest BCUT2D eigenvalue weighted by Gasteiger charge is 2.33. The number of hydrogen-bond acceptors (Lipinski definition) is 2. The van der Waals surface area contributed by atoms with Crippen molar-refractivity contribution in [3.05, 3.63) is 34.3 Å². The third-order valence-corrected chi connectivity index (χ3v) is 3.93. The van der Waals surface area contributed by atoms with E-state index < -0.39 is 12.0 Å². The Morgan fingerprint density at radius 2 is 2.11 bits per heavy atom. The monoisotopic (exact) mass is 311 g/mol. The van der Waals surface area contributed by atoms with E-state index in [1.165, 1.54) is 4.90 Å². The maximum atomic E-state index is 12.1. The Morgan fingerprint density at radius 1 is 1.39 bits per heavy atom. The average molecular weight is 312 g/mol. The average Bonchev–Trinajstić information content (AvgIpc) is 2.81. The summed E-state index contributed by atoms with van der Waals surface area (Å²) in [6.07, 6.45) is 1.56. The van der Waals surface area contributed by atoms with E-state index in [2.05, 4.69) is 15.9 Å². The maximum Gasteiger partial charge on any atom is 0.326 e. The second-order valence-corrected chi connectivity index (χ2v) is 5.21. The van der Waals surface area contributed by atoms with Crippen molar-refractivity contribution in [1.29, 1.82) is 0 Å². The molecule has 1 aromatic carbocycles. The van der Waals surface area contributed by atoms with Gasteiger partial charge in [-0.3, -0.25) is 4.79 Å². The van der Waals surface area contributed by atoms with Crippen molar-refractivity contribution in [2.75, 3.05) is 6.54 Å². The zero-order valence-corrected chi connectivity index (χ0v) is 11.4. The largest absolute Gasteiger partial charge is 0.480 e.